The Labute approximate surface area is 153 Å². The molecule has 0 radical (unpaired) electrons. The van der Waals surface area contributed by atoms with Crippen LogP contribution in [0.25, 0.3) is 10.9 Å². The summed E-state index contributed by atoms with van der Waals surface area (Å²) in [7, 11) is -3.55. The van der Waals surface area contributed by atoms with Crippen LogP contribution in [0.1, 0.15) is 25.0 Å². The van der Waals surface area contributed by atoms with Crippen LogP contribution in [0.15, 0.2) is 53.6 Å². The first-order chi connectivity index (χ1) is 11.7. The van der Waals surface area contributed by atoms with E-state index >= 15 is 0 Å². The lowest BCUT2D eigenvalue weighted by Gasteiger charge is -2.25. The van der Waals surface area contributed by atoms with Gasteiger partial charge >= 0.3 is 0 Å². The van der Waals surface area contributed by atoms with E-state index in [0.717, 1.165) is 22.0 Å². The van der Waals surface area contributed by atoms with Crippen LogP contribution < -0.4 is 4.72 Å². The van der Waals surface area contributed by atoms with E-state index in [2.05, 4.69) is 9.71 Å². The lowest BCUT2D eigenvalue weighted by atomic mass is 9.85. The molecule has 0 bridgehead atoms. The molecule has 0 atom stereocenters. The predicted molar refractivity (Wildman–Crippen MR) is 103 cm³/mol. The quantitative estimate of drug-likeness (QED) is 0.693. The predicted octanol–water partition coefficient (Wildman–Crippen LogP) is 4.39. The summed E-state index contributed by atoms with van der Waals surface area (Å²) in [6, 6.07) is 12.6. The Kier molecular flexibility index (Phi) is 4.66. The van der Waals surface area contributed by atoms with Crippen LogP contribution in [-0.4, -0.2) is 19.9 Å². The van der Waals surface area contributed by atoms with E-state index in [1.54, 1.807) is 18.2 Å². The van der Waals surface area contributed by atoms with Crippen LogP contribution in [0.2, 0.25) is 5.02 Å². The van der Waals surface area contributed by atoms with Crippen molar-refractivity contribution in [2.75, 3.05) is 6.54 Å². The van der Waals surface area contributed by atoms with E-state index in [1.165, 1.54) is 0 Å². The van der Waals surface area contributed by atoms with Crippen LogP contribution >= 0.6 is 11.6 Å². The molecule has 0 spiro atoms. The summed E-state index contributed by atoms with van der Waals surface area (Å²) >= 11 is 6.12. The minimum absolute atomic E-state index is 0.280. The third kappa shape index (κ3) is 3.73. The van der Waals surface area contributed by atoms with E-state index in [1.807, 2.05) is 51.2 Å². The van der Waals surface area contributed by atoms with E-state index in [9.17, 15) is 8.42 Å². The molecule has 25 heavy (non-hydrogen) atoms. The van der Waals surface area contributed by atoms with E-state index in [0.29, 0.717) is 5.02 Å². The molecule has 0 saturated heterocycles. The summed E-state index contributed by atoms with van der Waals surface area (Å²) in [6.07, 6.45) is 1.92. The van der Waals surface area contributed by atoms with Gasteiger partial charge in [0.25, 0.3) is 0 Å². The molecule has 4 nitrogen and oxygen atoms in total. The molecule has 1 aromatic heterocycles. The van der Waals surface area contributed by atoms with Crippen molar-refractivity contribution in [2.45, 2.75) is 31.1 Å². The number of aryl methyl sites for hydroxylation is 1. The fourth-order valence-electron chi connectivity index (χ4n) is 2.89. The number of rotatable bonds is 5. The number of sulfonamides is 1. The van der Waals surface area contributed by atoms with Crippen molar-refractivity contribution in [1.29, 1.82) is 0 Å². The summed E-state index contributed by atoms with van der Waals surface area (Å²) < 4.78 is 27.9. The summed E-state index contributed by atoms with van der Waals surface area (Å²) in [6.45, 7) is 6.17. The molecule has 3 rings (SSSR count). The van der Waals surface area contributed by atoms with Gasteiger partial charge in [0.15, 0.2) is 0 Å². The average Bonchev–Trinajstić information content (AvgIpc) is 2.97. The molecule has 1 heterocycles. The van der Waals surface area contributed by atoms with E-state index in [-0.39, 0.29) is 11.4 Å². The summed E-state index contributed by atoms with van der Waals surface area (Å²) in [5, 5.41) is 1.66. The topological polar surface area (TPSA) is 62.0 Å². The number of H-pyrrole nitrogens is 1. The molecule has 132 valence electrons. The molecular weight excluding hydrogens is 356 g/mol. The highest BCUT2D eigenvalue weighted by Gasteiger charge is 2.27. The molecule has 0 aliphatic rings. The summed E-state index contributed by atoms with van der Waals surface area (Å²) in [5.74, 6) is 0. The normalized spacial score (nSPS) is 12.6. The maximum Gasteiger partial charge on any atom is 0.240 e. The van der Waals surface area contributed by atoms with Gasteiger partial charge in [0.2, 0.25) is 10.0 Å². The van der Waals surface area contributed by atoms with Gasteiger partial charge in [-0.25, -0.2) is 13.1 Å². The zero-order chi connectivity index (χ0) is 18.2. The second-order valence-electron chi connectivity index (χ2n) is 6.92. The maximum absolute atomic E-state index is 12.6. The molecule has 0 aliphatic carbocycles. The van der Waals surface area contributed by atoms with Gasteiger partial charge < -0.3 is 4.98 Å². The highest BCUT2D eigenvalue weighted by atomic mass is 35.5. The Balaban J connectivity index is 1.87. The minimum Gasteiger partial charge on any atom is -0.361 e. The number of nitrogens with one attached hydrogen (secondary N) is 2. The average molecular weight is 377 g/mol. The molecule has 2 aromatic carbocycles. The van der Waals surface area contributed by atoms with Crippen LogP contribution in [0, 0.1) is 6.92 Å². The smallest absolute Gasteiger partial charge is 0.240 e. The molecule has 0 aliphatic heterocycles. The third-order valence-electron chi connectivity index (χ3n) is 4.38. The van der Waals surface area contributed by atoms with Crippen LogP contribution in [0.4, 0.5) is 0 Å². The highest BCUT2D eigenvalue weighted by Crippen LogP contribution is 2.32. The molecule has 0 saturated carbocycles. The van der Waals surface area contributed by atoms with Gasteiger partial charge in [-0.1, -0.05) is 37.6 Å². The zero-order valence-electron chi connectivity index (χ0n) is 14.4. The van der Waals surface area contributed by atoms with Crippen molar-refractivity contribution in [3.63, 3.8) is 0 Å². The Bertz CT molecular complexity index is 1020. The Morgan fingerprint density at radius 3 is 2.64 bits per heavy atom. The van der Waals surface area contributed by atoms with Gasteiger partial charge in [-0.2, -0.15) is 0 Å². The largest absolute Gasteiger partial charge is 0.361 e. The van der Waals surface area contributed by atoms with Gasteiger partial charge in [-0.3, -0.25) is 0 Å². The lowest BCUT2D eigenvalue weighted by Crippen LogP contribution is -2.36. The van der Waals surface area contributed by atoms with Crippen LogP contribution in [0.5, 0.6) is 0 Å². The number of aromatic nitrogens is 1. The first-order valence-electron chi connectivity index (χ1n) is 8.02. The first-order valence-corrected chi connectivity index (χ1v) is 9.89. The van der Waals surface area contributed by atoms with Crippen LogP contribution in [0.3, 0.4) is 0 Å². The number of hydrogen-bond donors (Lipinski definition) is 2. The monoisotopic (exact) mass is 376 g/mol. The molecule has 0 amide bonds. The van der Waals surface area contributed by atoms with Crippen molar-refractivity contribution in [3.05, 3.63) is 64.8 Å². The Hall–Kier alpha value is -1.82. The zero-order valence-corrected chi connectivity index (χ0v) is 16.0. The Morgan fingerprint density at radius 1 is 1.16 bits per heavy atom. The lowest BCUT2D eigenvalue weighted by molar-refractivity contribution is 0.504. The minimum atomic E-state index is -3.55. The van der Waals surface area contributed by atoms with E-state index in [4.69, 9.17) is 11.6 Å². The van der Waals surface area contributed by atoms with Crippen molar-refractivity contribution >= 4 is 32.5 Å². The number of fused-ring (bicyclic) bond motifs is 1. The number of hydrogen-bond acceptors (Lipinski definition) is 2. The number of halogens is 1. The molecule has 3 aromatic rings. The standard InChI is InChI=1S/C19H21ClN2O2S/c1-13-5-4-6-15(9-13)25(23,24)22-12-19(2,3)17-11-21-18-8-7-14(20)10-16(17)18/h4-11,21-22H,12H2,1-3H3. The molecule has 2 N–H and O–H groups in total. The van der Waals surface area contributed by atoms with Crippen molar-refractivity contribution in [3.8, 4) is 0 Å². The Morgan fingerprint density at radius 2 is 1.92 bits per heavy atom. The highest BCUT2D eigenvalue weighted by molar-refractivity contribution is 7.89. The van der Waals surface area contributed by atoms with Crippen molar-refractivity contribution < 1.29 is 8.42 Å². The molecule has 0 unspecified atom stereocenters. The van der Waals surface area contributed by atoms with Gasteiger partial charge in [-0.15, -0.1) is 0 Å². The van der Waals surface area contributed by atoms with Gasteiger partial charge in [-0.05, 0) is 48.4 Å². The number of aromatic amines is 1. The van der Waals surface area contributed by atoms with Crippen molar-refractivity contribution in [1.82, 2.24) is 9.71 Å². The maximum atomic E-state index is 12.6. The van der Waals surface area contributed by atoms with Crippen LogP contribution in [-0.2, 0) is 15.4 Å². The summed E-state index contributed by atoms with van der Waals surface area (Å²) in [4.78, 5) is 3.50. The number of benzene rings is 2. The molecule has 6 heteroatoms. The second kappa shape index (κ2) is 6.48. The van der Waals surface area contributed by atoms with E-state index < -0.39 is 15.4 Å². The second-order valence-corrected chi connectivity index (χ2v) is 9.12. The fraction of sp³-hybridized carbons (Fsp3) is 0.263. The first kappa shape index (κ1) is 18.0. The van der Waals surface area contributed by atoms with Gasteiger partial charge in [0.05, 0.1) is 4.90 Å². The molecular formula is C19H21ClN2O2S. The van der Waals surface area contributed by atoms with Gasteiger partial charge in [0, 0.05) is 34.1 Å². The molecule has 0 fully saturated rings. The van der Waals surface area contributed by atoms with Gasteiger partial charge in [0.1, 0.15) is 0 Å². The summed E-state index contributed by atoms with van der Waals surface area (Å²) in [5.41, 5.74) is 2.51. The SMILES string of the molecule is Cc1cccc(S(=O)(=O)NCC(C)(C)c2c[nH]c3ccc(Cl)cc23)c1. The third-order valence-corrected chi connectivity index (χ3v) is 6.01. The fourth-order valence-corrected chi connectivity index (χ4v) is 4.38. The van der Waals surface area contributed by atoms with Crippen molar-refractivity contribution in [2.24, 2.45) is 0 Å².